The van der Waals surface area contributed by atoms with E-state index in [1.807, 2.05) is 0 Å². The zero-order valence-corrected chi connectivity index (χ0v) is 9.12. The zero-order valence-electron chi connectivity index (χ0n) is 8.30. The third-order valence-corrected chi connectivity index (χ3v) is 3.92. The Morgan fingerprint density at radius 3 is 2.81 bits per heavy atom. The monoisotopic (exact) mass is 235 g/mol. The summed E-state index contributed by atoms with van der Waals surface area (Å²) in [5, 5.41) is 19.5. The molecular formula is C11H9NO3S. The topological polar surface area (TPSA) is 70.4 Å². The molecule has 5 heteroatoms. The Labute approximate surface area is 95.2 Å². The van der Waals surface area contributed by atoms with Crippen molar-refractivity contribution < 1.29 is 15.0 Å². The Bertz CT molecular complexity index is 586. The third kappa shape index (κ3) is 1.44. The first-order valence-corrected chi connectivity index (χ1v) is 5.83. The van der Waals surface area contributed by atoms with Gasteiger partial charge in [-0.1, -0.05) is 0 Å². The van der Waals surface area contributed by atoms with Gasteiger partial charge in [-0.3, -0.25) is 0 Å². The molecule has 0 unspecified atom stereocenters. The molecule has 0 atom stereocenters. The minimum atomic E-state index is -1.02. The number of rotatable bonds is 2. The lowest BCUT2D eigenvalue weighted by Crippen LogP contribution is -1.95. The van der Waals surface area contributed by atoms with E-state index >= 15 is 0 Å². The number of carboxylic acid groups (broad SMARTS) is 1. The van der Waals surface area contributed by atoms with Crippen molar-refractivity contribution in [2.75, 3.05) is 0 Å². The molecule has 2 N–H and O–H groups in total. The van der Waals surface area contributed by atoms with Gasteiger partial charge < -0.3 is 10.2 Å². The Morgan fingerprint density at radius 1 is 1.44 bits per heavy atom. The van der Waals surface area contributed by atoms with Gasteiger partial charge in [0.1, 0.15) is 5.75 Å². The van der Waals surface area contributed by atoms with Gasteiger partial charge in [0, 0.05) is 12.0 Å². The summed E-state index contributed by atoms with van der Waals surface area (Å²) in [4.78, 5) is 15.4. The van der Waals surface area contributed by atoms with Crippen LogP contribution in [0.1, 0.15) is 34.1 Å². The molecule has 1 fully saturated rings. The van der Waals surface area contributed by atoms with Crippen LogP contribution in [0.25, 0.3) is 10.2 Å². The second-order valence-electron chi connectivity index (χ2n) is 3.97. The molecule has 16 heavy (non-hydrogen) atoms. The molecule has 0 amide bonds. The number of hydrogen-bond acceptors (Lipinski definition) is 4. The van der Waals surface area contributed by atoms with Crippen molar-refractivity contribution in [1.82, 2.24) is 4.98 Å². The minimum Gasteiger partial charge on any atom is -0.508 e. The summed E-state index contributed by atoms with van der Waals surface area (Å²) in [6, 6.07) is 2.80. The van der Waals surface area contributed by atoms with E-state index < -0.39 is 5.97 Å². The van der Waals surface area contributed by atoms with Gasteiger partial charge >= 0.3 is 5.97 Å². The number of carboxylic acids is 1. The van der Waals surface area contributed by atoms with Crippen LogP contribution in [0, 0.1) is 0 Å². The lowest BCUT2D eigenvalue weighted by Gasteiger charge is -1.96. The average molecular weight is 235 g/mol. The maximum Gasteiger partial charge on any atom is 0.337 e. The second kappa shape index (κ2) is 3.18. The number of carbonyl (C=O) groups is 1. The Kier molecular flexibility index (Phi) is 1.91. The lowest BCUT2D eigenvalue weighted by atomic mass is 10.2. The number of nitrogens with zero attached hydrogens (tertiary/aromatic N) is 1. The number of aromatic hydroxyl groups is 1. The predicted octanol–water partition coefficient (Wildman–Crippen LogP) is 2.58. The minimum absolute atomic E-state index is 0.0439. The molecule has 0 saturated heterocycles. The highest BCUT2D eigenvalue weighted by atomic mass is 32.1. The maximum absolute atomic E-state index is 11.0. The van der Waals surface area contributed by atoms with E-state index in [9.17, 15) is 9.90 Å². The van der Waals surface area contributed by atoms with Crippen LogP contribution in [0.2, 0.25) is 0 Å². The molecule has 1 aromatic carbocycles. The fraction of sp³-hybridized carbons (Fsp3) is 0.273. The molecule has 0 spiro atoms. The first kappa shape index (κ1) is 9.59. The number of hydrogen-bond donors (Lipinski definition) is 2. The van der Waals surface area contributed by atoms with Crippen molar-refractivity contribution in [2.45, 2.75) is 18.8 Å². The third-order valence-electron chi connectivity index (χ3n) is 2.65. The number of fused-ring (bicyclic) bond motifs is 1. The first-order chi connectivity index (χ1) is 7.65. The highest BCUT2D eigenvalue weighted by Crippen LogP contribution is 2.44. The van der Waals surface area contributed by atoms with Crippen molar-refractivity contribution in [1.29, 1.82) is 0 Å². The molecule has 0 bridgehead atoms. The highest BCUT2D eigenvalue weighted by molar-refractivity contribution is 7.19. The number of benzene rings is 1. The summed E-state index contributed by atoms with van der Waals surface area (Å²) < 4.78 is 0.659. The van der Waals surface area contributed by atoms with Gasteiger partial charge in [0.05, 0.1) is 20.8 Å². The summed E-state index contributed by atoms with van der Waals surface area (Å²) in [5.41, 5.74) is 0.726. The van der Waals surface area contributed by atoms with Gasteiger partial charge in [-0.05, 0) is 18.9 Å². The number of phenolic OH excluding ortho intramolecular Hbond substituents is 1. The average Bonchev–Trinajstić information content (AvgIpc) is 2.98. The number of aromatic nitrogens is 1. The molecule has 1 heterocycles. The molecule has 4 nitrogen and oxygen atoms in total. The van der Waals surface area contributed by atoms with Crippen LogP contribution in [0.4, 0.5) is 0 Å². The normalized spacial score (nSPS) is 15.5. The van der Waals surface area contributed by atoms with Crippen LogP contribution in [-0.4, -0.2) is 21.2 Å². The van der Waals surface area contributed by atoms with E-state index in [0.717, 1.165) is 17.8 Å². The fourth-order valence-corrected chi connectivity index (χ4v) is 2.92. The van der Waals surface area contributed by atoms with Crippen molar-refractivity contribution >= 4 is 27.5 Å². The Morgan fingerprint density at radius 2 is 2.19 bits per heavy atom. The van der Waals surface area contributed by atoms with Crippen LogP contribution in [0.15, 0.2) is 12.1 Å². The molecule has 1 aromatic heterocycles. The van der Waals surface area contributed by atoms with Gasteiger partial charge in [-0.2, -0.15) is 0 Å². The molecule has 3 rings (SSSR count). The lowest BCUT2D eigenvalue weighted by molar-refractivity contribution is 0.0699. The summed E-state index contributed by atoms with van der Waals surface area (Å²) in [7, 11) is 0. The molecule has 1 aliphatic carbocycles. The Balaban J connectivity index is 2.27. The quantitative estimate of drug-likeness (QED) is 0.839. The SMILES string of the molecule is O=C(O)c1cc(O)cc2nc(C3CC3)sc12. The van der Waals surface area contributed by atoms with Crippen LogP contribution in [0.5, 0.6) is 5.75 Å². The van der Waals surface area contributed by atoms with Gasteiger partial charge in [-0.25, -0.2) is 9.78 Å². The fourth-order valence-electron chi connectivity index (χ4n) is 1.70. The van der Waals surface area contributed by atoms with E-state index in [0.29, 0.717) is 16.1 Å². The number of aromatic carboxylic acids is 1. The maximum atomic E-state index is 11.0. The van der Waals surface area contributed by atoms with Gasteiger partial charge in [0.15, 0.2) is 0 Å². The summed E-state index contributed by atoms with van der Waals surface area (Å²) in [6.07, 6.45) is 2.27. The van der Waals surface area contributed by atoms with Crippen LogP contribution < -0.4 is 0 Å². The molecule has 82 valence electrons. The van der Waals surface area contributed by atoms with Crippen molar-refractivity contribution in [3.05, 3.63) is 22.7 Å². The molecule has 0 aliphatic heterocycles. The van der Waals surface area contributed by atoms with Crippen LogP contribution >= 0.6 is 11.3 Å². The van der Waals surface area contributed by atoms with Crippen molar-refractivity contribution in [3.63, 3.8) is 0 Å². The van der Waals surface area contributed by atoms with Gasteiger partial charge in [0.2, 0.25) is 0 Å². The molecule has 2 aromatic rings. The van der Waals surface area contributed by atoms with E-state index in [4.69, 9.17) is 5.11 Å². The summed E-state index contributed by atoms with van der Waals surface area (Å²) >= 11 is 1.43. The smallest absolute Gasteiger partial charge is 0.337 e. The Hall–Kier alpha value is -1.62. The molecular weight excluding hydrogens is 226 g/mol. The first-order valence-electron chi connectivity index (χ1n) is 5.02. The second-order valence-corrected chi connectivity index (χ2v) is 5.00. The van der Waals surface area contributed by atoms with E-state index in [1.54, 1.807) is 0 Å². The highest BCUT2D eigenvalue weighted by Gasteiger charge is 2.28. The predicted molar refractivity (Wildman–Crippen MR) is 60.2 cm³/mol. The number of phenols is 1. The summed E-state index contributed by atoms with van der Waals surface area (Å²) in [5.74, 6) is -0.564. The summed E-state index contributed by atoms with van der Waals surface area (Å²) in [6.45, 7) is 0. The van der Waals surface area contributed by atoms with E-state index in [-0.39, 0.29) is 11.3 Å². The van der Waals surface area contributed by atoms with E-state index in [2.05, 4.69) is 4.98 Å². The van der Waals surface area contributed by atoms with Gasteiger partial charge in [0.25, 0.3) is 0 Å². The molecule has 1 aliphatic rings. The largest absolute Gasteiger partial charge is 0.508 e. The van der Waals surface area contributed by atoms with E-state index in [1.165, 1.54) is 23.5 Å². The van der Waals surface area contributed by atoms with Gasteiger partial charge in [-0.15, -0.1) is 11.3 Å². The van der Waals surface area contributed by atoms with Crippen LogP contribution in [0.3, 0.4) is 0 Å². The van der Waals surface area contributed by atoms with Crippen molar-refractivity contribution in [2.24, 2.45) is 0 Å². The molecule has 1 saturated carbocycles. The van der Waals surface area contributed by atoms with Crippen LogP contribution in [-0.2, 0) is 0 Å². The molecule has 0 radical (unpaired) electrons. The van der Waals surface area contributed by atoms with Crippen molar-refractivity contribution in [3.8, 4) is 5.75 Å². The zero-order chi connectivity index (χ0) is 11.3. The standard InChI is InChI=1S/C11H9NO3S/c13-6-3-7(11(14)15)9-8(4-6)12-10(16-9)5-1-2-5/h3-5,13H,1-2H2,(H,14,15). The number of thiazole rings is 1.